The van der Waals surface area contributed by atoms with Gasteiger partial charge in [-0.25, -0.2) is 9.78 Å². The van der Waals surface area contributed by atoms with E-state index in [0.717, 1.165) is 0 Å². The maximum atomic E-state index is 10.8. The summed E-state index contributed by atoms with van der Waals surface area (Å²) in [5, 5.41) is 16.1. The van der Waals surface area contributed by atoms with E-state index in [-0.39, 0.29) is 11.6 Å². The summed E-state index contributed by atoms with van der Waals surface area (Å²) in [6.07, 6.45) is 5.07. The minimum atomic E-state index is -0.958. The summed E-state index contributed by atoms with van der Waals surface area (Å²) in [4.78, 5) is 14.9. The Labute approximate surface area is 104 Å². The second-order valence-electron chi connectivity index (χ2n) is 4.01. The molecule has 0 aliphatic heterocycles. The van der Waals surface area contributed by atoms with Gasteiger partial charge in [0.2, 0.25) is 0 Å². The second kappa shape index (κ2) is 5.31. The molecule has 0 aliphatic carbocycles. The molecule has 0 fully saturated rings. The molecule has 1 atom stereocenters. The summed E-state index contributed by atoms with van der Waals surface area (Å²) in [6, 6.07) is 4.94. The maximum Gasteiger partial charge on any atom is 0.335 e. The Bertz CT molecular complexity index is 525. The number of pyridine rings is 1. The van der Waals surface area contributed by atoms with Crippen LogP contribution in [-0.2, 0) is 6.54 Å². The molecule has 1 unspecified atom stereocenters. The highest BCUT2D eigenvalue weighted by molar-refractivity contribution is 5.88. The van der Waals surface area contributed by atoms with Crippen LogP contribution in [0.1, 0.15) is 17.3 Å². The lowest BCUT2D eigenvalue weighted by Gasteiger charge is -2.14. The summed E-state index contributed by atoms with van der Waals surface area (Å²) in [6.45, 7) is 2.67. The van der Waals surface area contributed by atoms with Crippen molar-refractivity contribution in [3.63, 3.8) is 0 Å². The lowest BCUT2D eigenvalue weighted by Crippen LogP contribution is -2.22. The average molecular weight is 246 g/mol. The molecule has 0 spiro atoms. The molecule has 6 nitrogen and oxygen atoms in total. The first-order chi connectivity index (χ1) is 8.65. The minimum Gasteiger partial charge on any atom is -0.478 e. The summed E-state index contributed by atoms with van der Waals surface area (Å²) >= 11 is 0. The van der Waals surface area contributed by atoms with E-state index in [1.807, 2.05) is 19.2 Å². The fourth-order valence-electron chi connectivity index (χ4n) is 1.63. The van der Waals surface area contributed by atoms with E-state index in [2.05, 4.69) is 15.4 Å². The molecular formula is C12H14N4O2. The minimum absolute atomic E-state index is 0.0986. The van der Waals surface area contributed by atoms with Gasteiger partial charge < -0.3 is 10.4 Å². The van der Waals surface area contributed by atoms with Crippen molar-refractivity contribution in [3.05, 3.63) is 42.4 Å². The highest BCUT2D eigenvalue weighted by atomic mass is 16.4. The fourth-order valence-corrected chi connectivity index (χ4v) is 1.63. The van der Waals surface area contributed by atoms with Crippen LogP contribution in [0.2, 0.25) is 0 Å². The van der Waals surface area contributed by atoms with Crippen molar-refractivity contribution in [1.29, 1.82) is 0 Å². The molecule has 0 amide bonds. The molecule has 0 radical (unpaired) electrons. The molecule has 0 saturated heterocycles. The van der Waals surface area contributed by atoms with Crippen LogP contribution in [0, 0.1) is 0 Å². The largest absolute Gasteiger partial charge is 0.478 e. The number of nitrogens with zero attached hydrogens (tertiary/aromatic N) is 3. The highest BCUT2D eigenvalue weighted by Crippen LogP contribution is 2.08. The molecule has 0 bridgehead atoms. The van der Waals surface area contributed by atoms with Gasteiger partial charge in [-0.2, -0.15) is 5.10 Å². The number of hydrogen-bond acceptors (Lipinski definition) is 4. The molecule has 2 N–H and O–H groups in total. The van der Waals surface area contributed by atoms with E-state index in [1.165, 1.54) is 18.3 Å². The van der Waals surface area contributed by atoms with Crippen LogP contribution >= 0.6 is 0 Å². The third kappa shape index (κ3) is 3.07. The van der Waals surface area contributed by atoms with Gasteiger partial charge in [-0.05, 0) is 25.1 Å². The predicted octanol–water partition coefficient (Wildman–Crippen LogP) is 1.48. The molecule has 2 aromatic rings. The van der Waals surface area contributed by atoms with Gasteiger partial charge in [-0.15, -0.1) is 0 Å². The molecular weight excluding hydrogens is 232 g/mol. The zero-order valence-electron chi connectivity index (χ0n) is 9.95. The van der Waals surface area contributed by atoms with E-state index in [0.29, 0.717) is 12.4 Å². The highest BCUT2D eigenvalue weighted by Gasteiger charge is 2.07. The third-order valence-corrected chi connectivity index (χ3v) is 2.42. The molecule has 18 heavy (non-hydrogen) atoms. The van der Waals surface area contributed by atoms with Crippen LogP contribution < -0.4 is 5.32 Å². The lowest BCUT2D eigenvalue weighted by molar-refractivity contribution is 0.0697. The normalized spacial score (nSPS) is 12.1. The molecule has 0 aliphatic rings. The van der Waals surface area contributed by atoms with Crippen LogP contribution in [0.25, 0.3) is 0 Å². The van der Waals surface area contributed by atoms with Crippen molar-refractivity contribution >= 4 is 11.8 Å². The van der Waals surface area contributed by atoms with Gasteiger partial charge in [0.15, 0.2) is 0 Å². The van der Waals surface area contributed by atoms with Crippen LogP contribution in [0.4, 0.5) is 5.82 Å². The standard InChI is InChI=1S/C12H14N4O2/c1-9(8-16-6-2-4-14-16)15-11-7-10(12(17)18)3-5-13-11/h2-7,9H,8H2,1H3,(H,13,15)(H,17,18). The summed E-state index contributed by atoms with van der Waals surface area (Å²) in [5.41, 5.74) is 0.221. The van der Waals surface area contributed by atoms with Crippen molar-refractivity contribution in [2.75, 3.05) is 5.32 Å². The average Bonchev–Trinajstić information content (AvgIpc) is 2.82. The monoisotopic (exact) mass is 246 g/mol. The van der Waals surface area contributed by atoms with Crippen molar-refractivity contribution in [1.82, 2.24) is 14.8 Å². The van der Waals surface area contributed by atoms with Crippen LogP contribution in [0.5, 0.6) is 0 Å². The van der Waals surface area contributed by atoms with E-state index >= 15 is 0 Å². The van der Waals surface area contributed by atoms with Crippen molar-refractivity contribution in [2.45, 2.75) is 19.5 Å². The number of hydrogen-bond donors (Lipinski definition) is 2. The van der Waals surface area contributed by atoms with E-state index in [4.69, 9.17) is 5.11 Å². The van der Waals surface area contributed by atoms with E-state index < -0.39 is 5.97 Å². The molecule has 94 valence electrons. The van der Waals surface area contributed by atoms with Gasteiger partial charge in [-0.1, -0.05) is 0 Å². The van der Waals surface area contributed by atoms with E-state index in [9.17, 15) is 4.79 Å². The van der Waals surface area contributed by atoms with Crippen molar-refractivity contribution < 1.29 is 9.90 Å². The van der Waals surface area contributed by atoms with Gasteiger partial charge >= 0.3 is 5.97 Å². The Morgan fingerprint density at radius 3 is 3.06 bits per heavy atom. The first-order valence-electron chi connectivity index (χ1n) is 5.58. The van der Waals surface area contributed by atoms with Crippen LogP contribution in [-0.4, -0.2) is 31.9 Å². The van der Waals surface area contributed by atoms with Gasteiger partial charge in [-0.3, -0.25) is 4.68 Å². The number of carboxylic acid groups (broad SMARTS) is 1. The summed E-state index contributed by atoms with van der Waals surface area (Å²) in [7, 11) is 0. The Morgan fingerprint density at radius 1 is 1.56 bits per heavy atom. The fraction of sp³-hybridized carbons (Fsp3) is 0.250. The van der Waals surface area contributed by atoms with Gasteiger partial charge in [0.05, 0.1) is 12.1 Å². The molecule has 0 saturated carbocycles. The number of nitrogens with one attached hydrogen (secondary N) is 1. The second-order valence-corrected chi connectivity index (χ2v) is 4.01. The third-order valence-electron chi connectivity index (χ3n) is 2.42. The Balaban J connectivity index is 2.00. The number of carbonyl (C=O) groups is 1. The van der Waals surface area contributed by atoms with Crippen LogP contribution in [0.3, 0.4) is 0 Å². The van der Waals surface area contributed by atoms with Gasteiger partial charge in [0.1, 0.15) is 5.82 Å². The number of carboxylic acids is 1. The zero-order valence-corrected chi connectivity index (χ0v) is 9.95. The van der Waals surface area contributed by atoms with Gasteiger partial charge in [0, 0.05) is 24.6 Å². The Kier molecular flexibility index (Phi) is 3.57. The van der Waals surface area contributed by atoms with E-state index in [1.54, 1.807) is 10.9 Å². The molecule has 6 heteroatoms. The smallest absolute Gasteiger partial charge is 0.335 e. The van der Waals surface area contributed by atoms with Crippen LogP contribution in [0.15, 0.2) is 36.8 Å². The first-order valence-corrected chi connectivity index (χ1v) is 5.58. The van der Waals surface area contributed by atoms with Crippen molar-refractivity contribution in [3.8, 4) is 0 Å². The van der Waals surface area contributed by atoms with Gasteiger partial charge in [0.25, 0.3) is 0 Å². The van der Waals surface area contributed by atoms with Crippen molar-refractivity contribution in [2.24, 2.45) is 0 Å². The maximum absolute atomic E-state index is 10.8. The topological polar surface area (TPSA) is 80.0 Å². The Hall–Kier alpha value is -2.37. The first kappa shape index (κ1) is 12.1. The SMILES string of the molecule is CC(Cn1cccn1)Nc1cc(C(=O)O)ccn1. The predicted molar refractivity (Wildman–Crippen MR) is 66.5 cm³/mol. The molecule has 2 aromatic heterocycles. The lowest BCUT2D eigenvalue weighted by atomic mass is 10.2. The Morgan fingerprint density at radius 2 is 2.39 bits per heavy atom. The molecule has 0 aromatic carbocycles. The number of rotatable bonds is 5. The quantitative estimate of drug-likeness (QED) is 0.835. The molecule has 2 rings (SSSR count). The number of aromatic nitrogens is 3. The molecule has 2 heterocycles. The summed E-state index contributed by atoms with van der Waals surface area (Å²) < 4.78 is 1.80. The number of aromatic carboxylic acids is 1. The summed E-state index contributed by atoms with van der Waals surface area (Å²) in [5.74, 6) is -0.408. The number of anilines is 1. The zero-order chi connectivity index (χ0) is 13.0.